The first-order valence-corrected chi connectivity index (χ1v) is 6.87. The molecule has 0 unspecified atom stereocenters. The lowest BCUT2D eigenvalue weighted by Gasteiger charge is -2.09. The number of fused-ring (bicyclic) bond motifs is 1. The van der Waals surface area contributed by atoms with E-state index < -0.39 is 0 Å². The van der Waals surface area contributed by atoms with Crippen LogP contribution in [0.2, 0.25) is 5.28 Å². The molecule has 5 nitrogen and oxygen atoms in total. The normalized spacial score (nSPS) is 14.8. The molecule has 1 aliphatic carbocycles. The molecular formula is C14H12ClN5. The number of rotatable bonds is 2. The van der Waals surface area contributed by atoms with E-state index in [1.165, 1.54) is 18.5 Å². The van der Waals surface area contributed by atoms with Crippen LogP contribution in [0.1, 0.15) is 24.5 Å². The average Bonchev–Trinajstić information content (AvgIpc) is 3.20. The molecule has 100 valence electrons. The molecule has 3 aromatic heterocycles. The molecule has 2 N–H and O–H groups in total. The molecule has 3 aromatic rings. The number of nitrogen functional groups attached to an aromatic ring is 1. The predicted molar refractivity (Wildman–Crippen MR) is 78.1 cm³/mol. The Kier molecular flexibility index (Phi) is 2.44. The van der Waals surface area contributed by atoms with E-state index in [0.717, 1.165) is 16.9 Å². The maximum Gasteiger partial charge on any atom is 0.224 e. The van der Waals surface area contributed by atoms with Gasteiger partial charge in [-0.2, -0.15) is 4.98 Å². The fourth-order valence-corrected chi connectivity index (χ4v) is 2.60. The number of halogens is 1. The van der Waals surface area contributed by atoms with Crippen LogP contribution in [0, 0.1) is 0 Å². The highest BCUT2D eigenvalue weighted by atomic mass is 35.5. The van der Waals surface area contributed by atoms with Crippen molar-refractivity contribution in [2.24, 2.45) is 0 Å². The van der Waals surface area contributed by atoms with Crippen molar-refractivity contribution in [3.63, 3.8) is 0 Å². The van der Waals surface area contributed by atoms with E-state index in [9.17, 15) is 0 Å². The number of hydrogen-bond donors (Lipinski definition) is 1. The van der Waals surface area contributed by atoms with E-state index in [1.54, 1.807) is 12.3 Å². The highest BCUT2D eigenvalue weighted by Crippen LogP contribution is 2.43. The highest BCUT2D eigenvalue weighted by molar-refractivity contribution is 6.28. The third kappa shape index (κ3) is 1.82. The first kappa shape index (κ1) is 11.7. The molecule has 0 aromatic carbocycles. The Hall–Kier alpha value is -2.14. The van der Waals surface area contributed by atoms with Crippen molar-refractivity contribution >= 4 is 28.5 Å². The molecule has 0 atom stereocenters. The number of nitrogens with zero attached hydrogens (tertiary/aromatic N) is 4. The Balaban J connectivity index is 2.04. The first-order chi connectivity index (χ1) is 9.72. The van der Waals surface area contributed by atoms with Gasteiger partial charge in [-0.25, -0.2) is 9.97 Å². The number of nitrogens with two attached hydrogens (primary N) is 1. The molecule has 6 heteroatoms. The lowest BCUT2D eigenvalue weighted by molar-refractivity contribution is 0.909. The van der Waals surface area contributed by atoms with Crippen LogP contribution in [-0.4, -0.2) is 19.5 Å². The van der Waals surface area contributed by atoms with Crippen molar-refractivity contribution in [2.45, 2.75) is 18.8 Å². The molecule has 4 rings (SSSR count). The zero-order chi connectivity index (χ0) is 13.7. The Bertz CT molecular complexity index is 806. The molecule has 3 heterocycles. The summed E-state index contributed by atoms with van der Waals surface area (Å²) in [6, 6.07) is 7.71. The molecule has 20 heavy (non-hydrogen) atoms. The van der Waals surface area contributed by atoms with Crippen LogP contribution in [-0.2, 0) is 0 Å². The van der Waals surface area contributed by atoms with Crippen LogP contribution >= 0.6 is 11.6 Å². The molecule has 0 saturated heterocycles. The lowest BCUT2D eigenvalue weighted by Crippen LogP contribution is -2.04. The van der Waals surface area contributed by atoms with Gasteiger partial charge in [0.05, 0.1) is 0 Å². The van der Waals surface area contributed by atoms with E-state index in [4.69, 9.17) is 17.3 Å². The minimum absolute atomic E-state index is 0.239. The quantitative estimate of drug-likeness (QED) is 0.735. The number of pyridine rings is 1. The van der Waals surface area contributed by atoms with Gasteiger partial charge in [0.2, 0.25) is 5.28 Å². The van der Waals surface area contributed by atoms with Crippen LogP contribution < -0.4 is 5.73 Å². The maximum atomic E-state index is 5.93. The molecule has 0 spiro atoms. The largest absolute Gasteiger partial charge is 0.384 e. The number of aromatic nitrogens is 4. The van der Waals surface area contributed by atoms with Crippen LogP contribution in [0.3, 0.4) is 0 Å². The molecule has 1 saturated carbocycles. The van der Waals surface area contributed by atoms with Gasteiger partial charge in [-0.3, -0.25) is 4.57 Å². The summed E-state index contributed by atoms with van der Waals surface area (Å²) in [6.45, 7) is 0. The highest BCUT2D eigenvalue weighted by Gasteiger charge is 2.29. The second-order valence-corrected chi connectivity index (χ2v) is 5.36. The van der Waals surface area contributed by atoms with Crippen LogP contribution in [0.25, 0.3) is 16.9 Å². The van der Waals surface area contributed by atoms with Gasteiger partial charge >= 0.3 is 0 Å². The van der Waals surface area contributed by atoms with Gasteiger partial charge in [-0.1, -0.05) is 6.07 Å². The van der Waals surface area contributed by atoms with Gasteiger partial charge in [-0.15, -0.1) is 0 Å². The summed E-state index contributed by atoms with van der Waals surface area (Å²) in [5.74, 6) is 1.83. The minimum Gasteiger partial charge on any atom is -0.384 e. The van der Waals surface area contributed by atoms with Crippen LogP contribution in [0.4, 0.5) is 5.82 Å². The minimum atomic E-state index is 0.239. The van der Waals surface area contributed by atoms with E-state index in [1.807, 2.05) is 16.7 Å². The molecule has 0 aliphatic heterocycles. The van der Waals surface area contributed by atoms with Gasteiger partial charge in [-0.05, 0) is 48.6 Å². The summed E-state index contributed by atoms with van der Waals surface area (Å²) in [5, 5.41) is 1.21. The maximum absolute atomic E-state index is 5.93. The average molecular weight is 286 g/mol. The van der Waals surface area contributed by atoms with E-state index in [-0.39, 0.29) is 5.28 Å². The monoisotopic (exact) mass is 285 g/mol. The third-order valence-electron chi connectivity index (χ3n) is 3.52. The van der Waals surface area contributed by atoms with Crippen molar-refractivity contribution in [2.75, 3.05) is 5.73 Å². The summed E-state index contributed by atoms with van der Waals surface area (Å²) in [6.07, 6.45) is 4.14. The van der Waals surface area contributed by atoms with Crippen molar-refractivity contribution in [3.8, 4) is 5.82 Å². The Morgan fingerprint density at radius 1 is 1.25 bits per heavy atom. The second-order valence-electron chi connectivity index (χ2n) is 5.02. The standard InChI is InChI=1S/C14H12ClN5/c15-14-17-7-9-6-10(8-4-5-8)20(13(9)19-14)12-3-1-2-11(16)18-12/h1-3,6-8H,4-5H2,(H2,16,18). The molecular weight excluding hydrogens is 274 g/mol. The van der Waals surface area contributed by atoms with E-state index in [0.29, 0.717) is 11.7 Å². The SMILES string of the molecule is Nc1cccc(-n2c(C3CC3)cc3cnc(Cl)nc32)n1. The van der Waals surface area contributed by atoms with Crippen LogP contribution in [0.5, 0.6) is 0 Å². The van der Waals surface area contributed by atoms with E-state index in [2.05, 4.69) is 21.0 Å². The van der Waals surface area contributed by atoms with Crippen molar-refractivity contribution in [1.29, 1.82) is 0 Å². The summed E-state index contributed by atoms with van der Waals surface area (Å²) in [4.78, 5) is 12.8. The number of hydrogen-bond acceptors (Lipinski definition) is 4. The third-order valence-corrected chi connectivity index (χ3v) is 3.70. The molecule has 1 fully saturated rings. The zero-order valence-electron chi connectivity index (χ0n) is 10.6. The number of anilines is 1. The lowest BCUT2D eigenvalue weighted by atomic mass is 10.3. The first-order valence-electron chi connectivity index (χ1n) is 6.49. The van der Waals surface area contributed by atoms with Gasteiger partial charge in [0.25, 0.3) is 0 Å². The summed E-state index contributed by atoms with van der Waals surface area (Å²) < 4.78 is 2.04. The smallest absolute Gasteiger partial charge is 0.224 e. The molecule has 1 aliphatic rings. The molecule has 0 amide bonds. The Labute approximate surface area is 120 Å². The van der Waals surface area contributed by atoms with Gasteiger partial charge < -0.3 is 5.73 Å². The second kappa shape index (κ2) is 4.18. The van der Waals surface area contributed by atoms with E-state index >= 15 is 0 Å². The molecule has 0 radical (unpaired) electrons. The van der Waals surface area contributed by atoms with Gasteiger partial charge in [0.15, 0.2) is 5.65 Å². The predicted octanol–water partition coefficient (Wildman–Crippen LogP) is 2.93. The zero-order valence-corrected chi connectivity index (χ0v) is 11.4. The summed E-state index contributed by atoms with van der Waals surface area (Å²) in [5.41, 5.74) is 7.78. The Morgan fingerprint density at radius 2 is 2.10 bits per heavy atom. The fourth-order valence-electron chi connectivity index (χ4n) is 2.47. The fraction of sp³-hybridized carbons (Fsp3) is 0.214. The van der Waals surface area contributed by atoms with Gasteiger partial charge in [0, 0.05) is 17.3 Å². The van der Waals surface area contributed by atoms with Crippen molar-refractivity contribution in [1.82, 2.24) is 19.5 Å². The summed E-state index contributed by atoms with van der Waals surface area (Å²) in [7, 11) is 0. The summed E-state index contributed by atoms with van der Waals surface area (Å²) >= 11 is 5.93. The van der Waals surface area contributed by atoms with Crippen molar-refractivity contribution in [3.05, 3.63) is 41.4 Å². The van der Waals surface area contributed by atoms with Gasteiger partial charge in [0.1, 0.15) is 11.6 Å². The molecule has 0 bridgehead atoms. The Morgan fingerprint density at radius 3 is 2.85 bits per heavy atom. The topological polar surface area (TPSA) is 69.6 Å². The van der Waals surface area contributed by atoms with Crippen LogP contribution in [0.15, 0.2) is 30.5 Å². The van der Waals surface area contributed by atoms with Crippen molar-refractivity contribution < 1.29 is 0 Å².